The summed E-state index contributed by atoms with van der Waals surface area (Å²) in [5, 5.41) is 11.0. The molecule has 2 unspecified atom stereocenters. The van der Waals surface area contributed by atoms with Gasteiger partial charge in [-0.05, 0) is 68.4 Å². The lowest BCUT2D eigenvalue weighted by molar-refractivity contribution is 0.132. The van der Waals surface area contributed by atoms with Crippen LogP contribution in [0.15, 0.2) is 30.5 Å². The molecule has 2 atom stereocenters. The average Bonchev–Trinajstić information content (AvgIpc) is 2.45. The fourth-order valence-corrected chi connectivity index (χ4v) is 3.81. The van der Waals surface area contributed by atoms with Crippen LogP contribution in [0.2, 0.25) is 0 Å². The van der Waals surface area contributed by atoms with Gasteiger partial charge >= 0.3 is 0 Å². The number of benzene rings is 1. The summed E-state index contributed by atoms with van der Waals surface area (Å²) in [5.41, 5.74) is 7.10. The van der Waals surface area contributed by atoms with E-state index in [9.17, 15) is 5.11 Å². The molecule has 3 rings (SSSR count). The van der Waals surface area contributed by atoms with Crippen LogP contribution in [0.3, 0.4) is 0 Å². The molecule has 21 heavy (non-hydrogen) atoms. The Morgan fingerprint density at radius 1 is 1.19 bits per heavy atom. The number of aliphatic hydroxyl groups is 1. The number of aryl methyl sites for hydroxylation is 4. The Balaban J connectivity index is 2.03. The van der Waals surface area contributed by atoms with Crippen LogP contribution < -0.4 is 0 Å². The number of pyridine rings is 1. The van der Waals surface area contributed by atoms with Crippen LogP contribution in [-0.2, 0) is 6.42 Å². The molecule has 0 bridgehead atoms. The maximum atomic E-state index is 11.0. The van der Waals surface area contributed by atoms with E-state index >= 15 is 0 Å². The van der Waals surface area contributed by atoms with Crippen LogP contribution in [0.5, 0.6) is 0 Å². The zero-order chi connectivity index (χ0) is 15.0. The van der Waals surface area contributed by atoms with Crippen LogP contribution in [-0.4, -0.2) is 10.1 Å². The molecule has 0 radical (unpaired) electrons. The Morgan fingerprint density at radius 3 is 2.62 bits per heavy atom. The third-order valence-corrected chi connectivity index (χ3v) is 4.65. The maximum Gasteiger partial charge on any atom is 0.0878 e. The quantitative estimate of drug-likeness (QED) is 0.896. The van der Waals surface area contributed by atoms with Crippen molar-refractivity contribution in [3.63, 3.8) is 0 Å². The summed E-state index contributed by atoms with van der Waals surface area (Å²) >= 11 is 0. The number of rotatable bonds is 2. The number of nitrogens with zero attached hydrogens (tertiary/aromatic N) is 1. The summed E-state index contributed by atoms with van der Waals surface area (Å²) in [4.78, 5) is 4.56. The minimum Gasteiger partial charge on any atom is -0.388 e. The first-order valence-electron chi connectivity index (χ1n) is 7.77. The molecule has 2 nitrogen and oxygen atoms in total. The lowest BCUT2D eigenvalue weighted by Crippen LogP contribution is -2.20. The third-order valence-electron chi connectivity index (χ3n) is 4.65. The fourth-order valence-electron chi connectivity index (χ4n) is 3.81. The maximum absolute atomic E-state index is 11.0. The minimum atomic E-state index is -0.459. The summed E-state index contributed by atoms with van der Waals surface area (Å²) in [7, 11) is 0. The highest BCUT2D eigenvalue weighted by atomic mass is 16.3. The van der Waals surface area contributed by atoms with E-state index < -0.39 is 6.10 Å². The van der Waals surface area contributed by atoms with E-state index in [4.69, 9.17) is 0 Å². The molecule has 0 fully saturated rings. The first-order chi connectivity index (χ1) is 10.1. The topological polar surface area (TPSA) is 33.1 Å². The second-order valence-electron chi connectivity index (χ2n) is 6.30. The highest BCUT2D eigenvalue weighted by molar-refractivity contribution is 5.41. The largest absolute Gasteiger partial charge is 0.388 e. The molecule has 2 heteroatoms. The van der Waals surface area contributed by atoms with E-state index in [-0.39, 0.29) is 5.92 Å². The Bertz CT molecular complexity index is 639. The molecule has 0 saturated heterocycles. The van der Waals surface area contributed by atoms with Crippen molar-refractivity contribution in [3.8, 4) is 0 Å². The van der Waals surface area contributed by atoms with Crippen LogP contribution in [0.4, 0.5) is 0 Å². The van der Waals surface area contributed by atoms with Gasteiger partial charge in [0.15, 0.2) is 0 Å². The van der Waals surface area contributed by atoms with Crippen molar-refractivity contribution < 1.29 is 5.11 Å². The van der Waals surface area contributed by atoms with Crippen molar-refractivity contribution in [3.05, 3.63) is 64.0 Å². The van der Waals surface area contributed by atoms with Crippen molar-refractivity contribution in [2.24, 2.45) is 0 Å². The molecule has 110 valence electrons. The number of aromatic nitrogens is 1. The summed E-state index contributed by atoms with van der Waals surface area (Å²) in [6.07, 6.45) is 4.61. The van der Waals surface area contributed by atoms with Gasteiger partial charge in [0.05, 0.1) is 6.10 Å². The van der Waals surface area contributed by atoms with Crippen molar-refractivity contribution in [1.29, 1.82) is 0 Å². The Hall–Kier alpha value is -1.67. The van der Waals surface area contributed by atoms with Gasteiger partial charge in [0, 0.05) is 17.8 Å². The highest BCUT2D eigenvalue weighted by Crippen LogP contribution is 2.41. The van der Waals surface area contributed by atoms with Gasteiger partial charge in [0.2, 0.25) is 0 Å². The van der Waals surface area contributed by atoms with E-state index in [1.807, 2.05) is 12.3 Å². The monoisotopic (exact) mass is 281 g/mol. The van der Waals surface area contributed by atoms with Crippen molar-refractivity contribution in [1.82, 2.24) is 4.98 Å². The van der Waals surface area contributed by atoms with Crippen molar-refractivity contribution in [2.75, 3.05) is 0 Å². The van der Waals surface area contributed by atoms with Crippen molar-refractivity contribution >= 4 is 0 Å². The summed E-state index contributed by atoms with van der Waals surface area (Å²) in [6, 6.07) is 8.47. The van der Waals surface area contributed by atoms with Gasteiger partial charge in [0.1, 0.15) is 0 Å². The second-order valence-corrected chi connectivity index (χ2v) is 6.30. The average molecular weight is 281 g/mol. The molecule has 0 spiro atoms. The van der Waals surface area contributed by atoms with Gasteiger partial charge in [0.25, 0.3) is 0 Å². The molecular weight excluding hydrogens is 258 g/mol. The molecule has 1 N–H and O–H groups in total. The predicted octanol–water partition coefficient (Wildman–Crippen LogP) is 4.16. The number of fused-ring (bicyclic) bond motifs is 1. The molecule has 1 aromatic heterocycles. The molecule has 1 aromatic carbocycles. The van der Waals surface area contributed by atoms with E-state index in [2.05, 4.69) is 44.0 Å². The fraction of sp³-hybridized carbons (Fsp3) is 0.421. The number of aliphatic hydroxyl groups excluding tert-OH is 1. The van der Waals surface area contributed by atoms with Gasteiger partial charge < -0.3 is 5.11 Å². The lowest BCUT2D eigenvalue weighted by atomic mass is 9.79. The molecule has 0 amide bonds. The first kappa shape index (κ1) is 14.3. The second kappa shape index (κ2) is 5.61. The van der Waals surface area contributed by atoms with Crippen LogP contribution in [0, 0.1) is 20.8 Å². The van der Waals surface area contributed by atoms with Gasteiger partial charge in [-0.2, -0.15) is 0 Å². The van der Waals surface area contributed by atoms with Gasteiger partial charge in [-0.3, -0.25) is 4.98 Å². The molecule has 0 aliphatic heterocycles. The summed E-state index contributed by atoms with van der Waals surface area (Å²) in [5.74, 6) is 0.120. The normalized spacial score (nSPS) is 19.1. The number of hydrogen-bond acceptors (Lipinski definition) is 2. The van der Waals surface area contributed by atoms with E-state index in [1.54, 1.807) is 0 Å². The lowest BCUT2D eigenvalue weighted by Gasteiger charge is -2.30. The minimum absolute atomic E-state index is 0.120. The van der Waals surface area contributed by atoms with Gasteiger partial charge in [-0.15, -0.1) is 0 Å². The highest BCUT2D eigenvalue weighted by Gasteiger charge is 2.30. The van der Waals surface area contributed by atoms with E-state index in [0.717, 1.165) is 30.5 Å². The van der Waals surface area contributed by atoms with Crippen LogP contribution in [0.25, 0.3) is 0 Å². The predicted molar refractivity (Wildman–Crippen MR) is 85.5 cm³/mol. The van der Waals surface area contributed by atoms with Crippen LogP contribution >= 0.6 is 0 Å². The van der Waals surface area contributed by atoms with Crippen molar-refractivity contribution in [2.45, 2.75) is 52.1 Å². The summed E-state index contributed by atoms with van der Waals surface area (Å²) < 4.78 is 0. The molecule has 0 saturated carbocycles. The zero-order valence-electron chi connectivity index (χ0n) is 13.1. The Labute approximate surface area is 126 Å². The number of hydrogen-bond donors (Lipinski definition) is 1. The smallest absolute Gasteiger partial charge is 0.0878 e. The molecule has 2 aromatic rings. The Morgan fingerprint density at radius 2 is 1.90 bits per heavy atom. The molecular formula is C19H23NO. The van der Waals surface area contributed by atoms with Crippen LogP contribution in [0.1, 0.15) is 58.4 Å². The van der Waals surface area contributed by atoms with E-state index in [0.29, 0.717) is 0 Å². The molecule has 1 aliphatic carbocycles. The van der Waals surface area contributed by atoms with Gasteiger partial charge in [-0.25, -0.2) is 0 Å². The van der Waals surface area contributed by atoms with Gasteiger partial charge in [-0.1, -0.05) is 23.8 Å². The SMILES string of the molecule is Cc1cc(C)c(C(O)C2CCCc3cccnc32)c(C)c1. The standard InChI is InChI=1S/C19H23NO/c1-12-10-13(2)17(14(3)11-12)19(21)16-8-4-6-15-7-5-9-20-18(15)16/h5,7,9-11,16,19,21H,4,6,8H2,1-3H3. The molecule has 1 heterocycles. The third kappa shape index (κ3) is 2.60. The molecule has 1 aliphatic rings. The van der Waals surface area contributed by atoms with E-state index in [1.165, 1.54) is 22.3 Å². The summed E-state index contributed by atoms with van der Waals surface area (Å²) in [6.45, 7) is 6.30. The zero-order valence-corrected chi connectivity index (χ0v) is 13.1. The first-order valence-corrected chi connectivity index (χ1v) is 7.77. The Kier molecular flexibility index (Phi) is 3.81.